The summed E-state index contributed by atoms with van der Waals surface area (Å²) in [7, 11) is 8.05. The molecule has 0 saturated carbocycles. The van der Waals surface area contributed by atoms with Gasteiger partial charge in [0.05, 0.1) is 0 Å². The summed E-state index contributed by atoms with van der Waals surface area (Å²) in [6, 6.07) is 8.78. The third-order valence-electron chi connectivity index (χ3n) is 3.85. The normalized spacial score (nSPS) is 11.2. The Labute approximate surface area is 141 Å². The van der Waals surface area contributed by atoms with E-state index in [9.17, 15) is 0 Å². The first-order chi connectivity index (χ1) is 11.1. The zero-order valence-corrected chi connectivity index (χ0v) is 15.2. The number of nitrogens with one attached hydrogen (secondary N) is 1. The number of guanidine groups is 1. The third-order valence-corrected chi connectivity index (χ3v) is 3.85. The molecule has 0 aliphatic carbocycles. The van der Waals surface area contributed by atoms with Crippen molar-refractivity contribution < 1.29 is 0 Å². The molecule has 0 radical (unpaired) electrons. The number of allylic oxidation sites excluding steroid dienone is 1. The molecular weight excluding hydrogens is 284 g/mol. The Morgan fingerprint density at radius 3 is 2.43 bits per heavy atom. The van der Waals surface area contributed by atoms with Crippen molar-refractivity contribution in [3.63, 3.8) is 0 Å². The molecule has 0 spiro atoms. The molecule has 1 aromatic carbocycles. The SMILES string of the molecule is C=CCCCN(C)C(=NC)NCCCc1ccc(N(C)C)cc1. The van der Waals surface area contributed by atoms with Crippen molar-refractivity contribution in [1.29, 1.82) is 0 Å². The molecule has 0 saturated heterocycles. The Morgan fingerprint density at radius 2 is 1.87 bits per heavy atom. The first-order valence-corrected chi connectivity index (χ1v) is 8.37. The molecule has 23 heavy (non-hydrogen) atoms. The van der Waals surface area contributed by atoms with Crippen LogP contribution in [0.3, 0.4) is 0 Å². The van der Waals surface area contributed by atoms with Gasteiger partial charge in [-0.15, -0.1) is 6.58 Å². The Kier molecular flexibility index (Phi) is 8.88. The summed E-state index contributed by atoms with van der Waals surface area (Å²) < 4.78 is 0. The first kappa shape index (κ1) is 19.1. The quantitative estimate of drug-likeness (QED) is 0.329. The van der Waals surface area contributed by atoms with E-state index in [-0.39, 0.29) is 0 Å². The third kappa shape index (κ3) is 7.22. The maximum atomic E-state index is 4.34. The van der Waals surface area contributed by atoms with E-state index in [1.54, 1.807) is 0 Å². The second kappa shape index (κ2) is 10.7. The van der Waals surface area contributed by atoms with Gasteiger partial charge in [0.2, 0.25) is 0 Å². The van der Waals surface area contributed by atoms with Gasteiger partial charge in [-0.25, -0.2) is 0 Å². The maximum Gasteiger partial charge on any atom is 0.193 e. The fourth-order valence-corrected chi connectivity index (χ4v) is 2.42. The second-order valence-electron chi connectivity index (χ2n) is 5.99. The van der Waals surface area contributed by atoms with Crippen molar-refractivity contribution in [2.75, 3.05) is 46.2 Å². The lowest BCUT2D eigenvalue weighted by molar-refractivity contribution is 0.469. The van der Waals surface area contributed by atoms with Crippen molar-refractivity contribution in [3.8, 4) is 0 Å². The summed E-state index contributed by atoms with van der Waals surface area (Å²) in [6.07, 6.45) is 6.30. The maximum absolute atomic E-state index is 4.34. The zero-order valence-electron chi connectivity index (χ0n) is 15.2. The van der Waals surface area contributed by atoms with Crippen LogP contribution in [0.25, 0.3) is 0 Å². The minimum absolute atomic E-state index is 0.938. The molecule has 0 fully saturated rings. The van der Waals surface area contributed by atoms with Crippen molar-refractivity contribution >= 4 is 11.6 Å². The van der Waals surface area contributed by atoms with E-state index in [2.05, 4.69) is 72.1 Å². The van der Waals surface area contributed by atoms with E-state index in [0.717, 1.165) is 44.7 Å². The molecule has 0 amide bonds. The monoisotopic (exact) mass is 316 g/mol. The van der Waals surface area contributed by atoms with Crippen LogP contribution in [0.1, 0.15) is 24.8 Å². The minimum atomic E-state index is 0.938. The number of aliphatic imine (C=N–C) groups is 1. The molecule has 0 atom stereocenters. The summed E-state index contributed by atoms with van der Waals surface area (Å²) in [5.41, 5.74) is 2.63. The van der Waals surface area contributed by atoms with Crippen LogP contribution in [-0.4, -0.2) is 52.1 Å². The van der Waals surface area contributed by atoms with E-state index in [4.69, 9.17) is 0 Å². The van der Waals surface area contributed by atoms with Gasteiger partial charge < -0.3 is 15.1 Å². The van der Waals surface area contributed by atoms with Gasteiger partial charge in [-0.3, -0.25) is 4.99 Å². The highest BCUT2D eigenvalue weighted by atomic mass is 15.3. The van der Waals surface area contributed by atoms with Gasteiger partial charge in [0.15, 0.2) is 5.96 Å². The highest BCUT2D eigenvalue weighted by molar-refractivity contribution is 5.79. The summed E-state index contributed by atoms with van der Waals surface area (Å²) >= 11 is 0. The number of hydrogen-bond donors (Lipinski definition) is 1. The van der Waals surface area contributed by atoms with Crippen LogP contribution in [0, 0.1) is 0 Å². The Morgan fingerprint density at radius 1 is 1.17 bits per heavy atom. The molecule has 4 heteroatoms. The van der Waals surface area contributed by atoms with Crippen LogP contribution in [-0.2, 0) is 6.42 Å². The summed E-state index contributed by atoms with van der Waals surface area (Å²) in [5, 5.41) is 3.44. The smallest absolute Gasteiger partial charge is 0.193 e. The van der Waals surface area contributed by atoms with E-state index < -0.39 is 0 Å². The summed E-state index contributed by atoms with van der Waals surface area (Å²) in [6.45, 7) is 5.70. The average Bonchev–Trinajstić information content (AvgIpc) is 2.55. The first-order valence-electron chi connectivity index (χ1n) is 8.37. The molecule has 1 aromatic rings. The lowest BCUT2D eigenvalue weighted by Gasteiger charge is -2.21. The van der Waals surface area contributed by atoms with Gasteiger partial charge >= 0.3 is 0 Å². The van der Waals surface area contributed by atoms with Crippen molar-refractivity contribution in [2.24, 2.45) is 4.99 Å². The standard InChI is InChI=1S/C19H32N4/c1-6-7-8-16-23(5)19(20-2)21-15-9-10-17-11-13-18(14-12-17)22(3)4/h6,11-14H,1,7-10,15-16H2,2-5H3,(H,20,21). The number of aryl methyl sites for hydroxylation is 1. The Balaban J connectivity index is 2.30. The predicted molar refractivity (Wildman–Crippen MR) is 103 cm³/mol. The number of unbranched alkanes of at least 4 members (excludes halogenated alkanes) is 1. The van der Waals surface area contributed by atoms with E-state index in [0.29, 0.717) is 0 Å². The van der Waals surface area contributed by atoms with Gasteiger partial charge in [-0.1, -0.05) is 18.2 Å². The highest BCUT2D eigenvalue weighted by Crippen LogP contribution is 2.13. The molecule has 1 N–H and O–H groups in total. The molecule has 0 aliphatic rings. The Hall–Kier alpha value is -1.97. The van der Waals surface area contributed by atoms with Gasteiger partial charge in [-0.05, 0) is 43.4 Å². The van der Waals surface area contributed by atoms with Crippen molar-refractivity contribution in [2.45, 2.75) is 25.7 Å². The highest BCUT2D eigenvalue weighted by Gasteiger charge is 2.04. The molecule has 0 unspecified atom stereocenters. The number of rotatable bonds is 9. The summed E-state index contributed by atoms with van der Waals surface area (Å²) in [5.74, 6) is 0.969. The van der Waals surface area contributed by atoms with Crippen LogP contribution >= 0.6 is 0 Å². The number of benzene rings is 1. The summed E-state index contributed by atoms with van der Waals surface area (Å²) in [4.78, 5) is 8.64. The molecule has 128 valence electrons. The van der Waals surface area contributed by atoms with Crippen LogP contribution in [0.4, 0.5) is 5.69 Å². The number of hydrogen-bond acceptors (Lipinski definition) is 2. The molecule has 0 heterocycles. The zero-order chi connectivity index (χ0) is 17.1. The van der Waals surface area contributed by atoms with Gasteiger partial charge in [0.25, 0.3) is 0 Å². The topological polar surface area (TPSA) is 30.9 Å². The van der Waals surface area contributed by atoms with Crippen LogP contribution < -0.4 is 10.2 Å². The molecular formula is C19H32N4. The largest absolute Gasteiger partial charge is 0.378 e. The number of anilines is 1. The fourth-order valence-electron chi connectivity index (χ4n) is 2.42. The predicted octanol–water partition coefficient (Wildman–Crippen LogP) is 3.16. The average molecular weight is 316 g/mol. The lowest BCUT2D eigenvalue weighted by atomic mass is 10.1. The van der Waals surface area contributed by atoms with Crippen LogP contribution in [0.2, 0.25) is 0 Å². The molecule has 4 nitrogen and oxygen atoms in total. The minimum Gasteiger partial charge on any atom is -0.378 e. The lowest BCUT2D eigenvalue weighted by Crippen LogP contribution is -2.39. The van der Waals surface area contributed by atoms with Gasteiger partial charge in [-0.2, -0.15) is 0 Å². The number of nitrogens with zero attached hydrogens (tertiary/aromatic N) is 3. The molecule has 0 aliphatic heterocycles. The van der Waals surface area contributed by atoms with Crippen LogP contribution in [0.15, 0.2) is 41.9 Å². The van der Waals surface area contributed by atoms with E-state index >= 15 is 0 Å². The fraction of sp³-hybridized carbons (Fsp3) is 0.526. The van der Waals surface area contributed by atoms with Gasteiger partial charge in [0, 0.05) is 47.0 Å². The second-order valence-corrected chi connectivity index (χ2v) is 5.99. The van der Waals surface area contributed by atoms with Crippen LogP contribution in [0.5, 0.6) is 0 Å². The van der Waals surface area contributed by atoms with Crippen molar-refractivity contribution in [1.82, 2.24) is 10.2 Å². The Bertz CT molecular complexity index is 477. The van der Waals surface area contributed by atoms with E-state index in [1.807, 2.05) is 13.1 Å². The molecule has 0 bridgehead atoms. The van der Waals surface area contributed by atoms with Gasteiger partial charge in [0.1, 0.15) is 0 Å². The van der Waals surface area contributed by atoms with Crippen molar-refractivity contribution in [3.05, 3.63) is 42.5 Å². The van der Waals surface area contributed by atoms with E-state index in [1.165, 1.54) is 11.3 Å². The molecule has 0 aromatic heterocycles. The molecule has 1 rings (SSSR count).